The quantitative estimate of drug-likeness (QED) is 0.635. The molecular formula is C25H32FN3O3. The average Bonchev–Trinajstić information content (AvgIpc) is 3.09. The first-order chi connectivity index (χ1) is 15.4. The summed E-state index contributed by atoms with van der Waals surface area (Å²) in [5.41, 5.74) is 4.11. The van der Waals surface area contributed by atoms with Gasteiger partial charge in [-0.15, -0.1) is 0 Å². The number of hydrogen-bond donors (Lipinski definition) is 0. The highest BCUT2D eigenvalue weighted by molar-refractivity contribution is 5.77. The summed E-state index contributed by atoms with van der Waals surface area (Å²) in [6.07, 6.45) is 4.73. The summed E-state index contributed by atoms with van der Waals surface area (Å²) in [6, 6.07) is 6.57. The fraction of sp³-hybridized carbons (Fsp3) is 0.560. The van der Waals surface area contributed by atoms with Gasteiger partial charge in [0.2, 0.25) is 5.91 Å². The highest BCUT2D eigenvalue weighted by atomic mass is 19.1. The van der Waals surface area contributed by atoms with Gasteiger partial charge in [-0.1, -0.05) is 12.1 Å². The van der Waals surface area contributed by atoms with E-state index in [9.17, 15) is 14.0 Å². The van der Waals surface area contributed by atoms with E-state index in [4.69, 9.17) is 4.74 Å². The largest absolute Gasteiger partial charge is 0.466 e. The van der Waals surface area contributed by atoms with Crippen molar-refractivity contribution in [2.45, 2.75) is 65.5 Å². The maximum atomic E-state index is 13.6. The van der Waals surface area contributed by atoms with Gasteiger partial charge in [0.15, 0.2) is 0 Å². The molecule has 1 aromatic heterocycles. The van der Waals surface area contributed by atoms with Crippen molar-refractivity contribution in [3.05, 3.63) is 52.6 Å². The van der Waals surface area contributed by atoms with Crippen LogP contribution in [0.2, 0.25) is 0 Å². The maximum absolute atomic E-state index is 13.6. The van der Waals surface area contributed by atoms with Crippen LogP contribution in [0.5, 0.6) is 0 Å². The third kappa shape index (κ3) is 5.03. The number of benzene rings is 1. The van der Waals surface area contributed by atoms with E-state index in [1.807, 2.05) is 29.5 Å². The minimum Gasteiger partial charge on any atom is -0.466 e. The second-order valence-electron chi connectivity index (χ2n) is 9.04. The number of nitrogens with zero attached hydrogens (tertiary/aromatic N) is 3. The first-order valence-electron chi connectivity index (χ1n) is 11.7. The first kappa shape index (κ1) is 22.5. The number of amides is 1. The molecule has 0 radical (unpaired) electrons. The number of aryl methyl sites for hydroxylation is 1. The molecule has 0 spiro atoms. The lowest BCUT2D eigenvalue weighted by atomic mass is 9.80. The Labute approximate surface area is 188 Å². The third-order valence-electron chi connectivity index (χ3n) is 6.84. The van der Waals surface area contributed by atoms with Gasteiger partial charge in [-0.3, -0.25) is 14.3 Å². The number of esters is 1. The van der Waals surface area contributed by atoms with Gasteiger partial charge >= 0.3 is 5.97 Å². The van der Waals surface area contributed by atoms with Crippen LogP contribution in [-0.2, 0) is 33.8 Å². The van der Waals surface area contributed by atoms with Crippen molar-refractivity contribution in [1.82, 2.24) is 14.7 Å². The van der Waals surface area contributed by atoms with Crippen LogP contribution in [0.25, 0.3) is 0 Å². The molecule has 0 saturated heterocycles. The molecule has 1 aliphatic carbocycles. The van der Waals surface area contributed by atoms with E-state index in [1.165, 1.54) is 17.7 Å². The summed E-state index contributed by atoms with van der Waals surface area (Å²) in [5.74, 6) is 0.136. The first-order valence-corrected chi connectivity index (χ1v) is 11.7. The highest BCUT2D eigenvalue weighted by Gasteiger charge is 2.31. The lowest BCUT2D eigenvalue weighted by Gasteiger charge is -2.31. The lowest BCUT2D eigenvalue weighted by molar-refractivity contribution is -0.149. The molecule has 2 aliphatic rings. The van der Waals surface area contributed by atoms with Crippen LogP contribution in [-0.4, -0.2) is 39.7 Å². The molecule has 32 heavy (non-hydrogen) atoms. The normalized spacial score (nSPS) is 20.7. The molecule has 2 aromatic rings. The van der Waals surface area contributed by atoms with Crippen LogP contribution in [0.3, 0.4) is 0 Å². The predicted octanol–water partition coefficient (Wildman–Crippen LogP) is 4.02. The molecule has 1 fully saturated rings. The van der Waals surface area contributed by atoms with E-state index in [0.29, 0.717) is 38.6 Å². The highest BCUT2D eigenvalue weighted by Crippen LogP contribution is 2.33. The van der Waals surface area contributed by atoms with Gasteiger partial charge in [-0.05, 0) is 75.1 Å². The van der Waals surface area contributed by atoms with Crippen LogP contribution in [0.15, 0.2) is 24.3 Å². The van der Waals surface area contributed by atoms with Gasteiger partial charge in [-0.2, -0.15) is 5.10 Å². The second-order valence-corrected chi connectivity index (χ2v) is 9.04. The number of aromatic nitrogens is 2. The van der Waals surface area contributed by atoms with E-state index in [0.717, 1.165) is 49.1 Å². The molecule has 2 heterocycles. The van der Waals surface area contributed by atoms with Crippen molar-refractivity contribution >= 4 is 11.9 Å². The Kier molecular flexibility index (Phi) is 6.92. The van der Waals surface area contributed by atoms with Gasteiger partial charge in [-0.25, -0.2) is 4.39 Å². The summed E-state index contributed by atoms with van der Waals surface area (Å²) in [5, 5.41) is 4.68. The van der Waals surface area contributed by atoms with Crippen LogP contribution < -0.4 is 0 Å². The molecule has 0 unspecified atom stereocenters. The molecule has 0 N–H and O–H groups in total. The van der Waals surface area contributed by atoms with Gasteiger partial charge in [0, 0.05) is 13.0 Å². The number of carbonyl (C=O) groups is 2. The van der Waals surface area contributed by atoms with Gasteiger partial charge in [0.1, 0.15) is 5.82 Å². The molecule has 1 amide bonds. The monoisotopic (exact) mass is 441 g/mol. The van der Waals surface area contributed by atoms with E-state index in [2.05, 4.69) is 5.10 Å². The average molecular weight is 442 g/mol. The van der Waals surface area contributed by atoms with Crippen LogP contribution in [0.1, 0.15) is 61.5 Å². The number of ether oxygens (including phenoxy) is 1. The SMILES string of the molecule is CCOC(=O)C1CCC(CC(=O)N2CCc3c(C)nn(Cc4cccc(F)c4)c3C2)CC1. The number of rotatable bonds is 6. The Morgan fingerprint density at radius 1 is 1.22 bits per heavy atom. The van der Waals surface area contributed by atoms with E-state index >= 15 is 0 Å². The van der Waals surface area contributed by atoms with Gasteiger partial charge < -0.3 is 9.64 Å². The van der Waals surface area contributed by atoms with Crippen molar-refractivity contribution in [3.8, 4) is 0 Å². The summed E-state index contributed by atoms with van der Waals surface area (Å²) in [4.78, 5) is 27.0. The number of carbonyl (C=O) groups excluding carboxylic acids is 2. The van der Waals surface area contributed by atoms with Crippen LogP contribution in [0, 0.1) is 24.6 Å². The fourth-order valence-corrected chi connectivity index (χ4v) is 5.07. The Hall–Kier alpha value is -2.70. The summed E-state index contributed by atoms with van der Waals surface area (Å²) in [7, 11) is 0. The standard InChI is InChI=1S/C25H32FN3O3/c1-3-32-25(31)20-9-7-18(8-10-20)14-24(30)28-12-11-22-17(2)27-29(23(22)16-28)15-19-5-4-6-21(26)13-19/h4-6,13,18,20H,3,7-12,14-16H2,1-2H3. The number of fused-ring (bicyclic) bond motifs is 1. The second kappa shape index (κ2) is 9.84. The summed E-state index contributed by atoms with van der Waals surface area (Å²) < 4.78 is 20.7. The Morgan fingerprint density at radius 3 is 2.72 bits per heavy atom. The van der Waals surface area contributed by atoms with E-state index in [-0.39, 0.29) is 23.6 Å². The van der Waals surface area contributed by atoms with Crippen molar-refractivity contribution in [3.63, 3.8) is 0 Å². The van der Waals surface area contributed by atoms with E-state index < -0.39 is 0 Å². The predicted molar refractivity (Wildman–Crippen MR) is 118 cm³/mol. The molecule has 0 atom stereocenters. The minimum absolute atomic E-state index is 0.0148. The number of halogens is 1. The zero-order valence-electron chi connectivity index (χ0n) is 19.0. The number of hydrogen-bond acceptors (Lipinski definition) is 4. The fourth-order valence-electron chi connectivity index (χ4n) is 5.07. The lowest BCUT2D eigenvalue weighted by Crippen LogP contribution is -2.38. The van der Waals surface area contributed by atoms with Crippen LogP contribution >= 0.6 is 0 Å². The molecule has 4 rings (SSSR count). The van der Waals surface area contributed by atoms with Crippen molar-refractivity contribution in [1.29, 1.82) is 0 Å². The van der Waals surface area contributed by atoms with E-state index in [1.54, 1.807) is 6.07 Å². The van der Waals surface area contributed by atoms with Gasteiger partial charge in [0.25, 0.3) is 0 Å². The summed E-state index contributed by atoms with van der Waals surface area (Å²) in [6.45, 7) is 5.99. The third-order valence-corrected chi connectivity index (χ3v) is 6.84. The molecule has 1 saturated carbocycles. The van der Waals surface area contributed by atoms with Crippen molar-refractivity contribution in [2.75, 3.05) is 13.2 Å². The zero-order valence-corrected chi connectivity index (χ0v) is 19.0. The van der Waals surface area contributed by atoms with Crippen LogP contribution in [0.4, 0.5) is 4.39 Å². The Balaban J connectivity index is 1.37. The molecule has 1 aliphatic heterocycles. The topological polar surface area (TPSA) is 64.4 Å². The molecule has 7 heteroatoms. The van der Waals surface area contributed by atoms with Gasteiger partial charge in [0.05, 0.1) is 37.0 Å². The molecule has 1 aromatic carbocycles. The van der Waals surface area contributed by atoms with Crippen molar-refractivity contribution in [2.24, 2.45) is 11.8 Å². The zero-order chi connectivity index (χ0) is 22.7. The van der Waals surface area contributed by atoms with Crippen molar-refractivity contribution < 1.29 is 18.7 Å². The summed E-state index contributed by atoms with van der Waals surface area (Å²) >= 11 is 0. The minimum atomic E-state index is -0.255. The molecule has 172 valence electrons. The molecular weight excluding hydrogens is 409 g/mol. The Morgan fingerprint density at radius 2 is 2.00 bits per heavy atom. The molecule has 6 nitrogen and oxygen atoms in total. The Bertz CT molecular complexity index is 979. The maximum Gasteiger partial charge on any atom is 0.308 e. The molecule has 0 bridgehead atoms. The smallest absolute Gasteiger partial charge is 0.308 e.